The summed E-state index contributed by atoms with van der Waals surface area (Å²) >= 11 is 1.43. The third-order valence-corrected chi connectivity index (χ3v) is 6.46. The molecule has 0 aliphatic carbocycles. The minimum atomic E-state index is -0.0502. The summed E-state index contributed by atoms with van der Waals surface area (Å²) in [6.07, 6.45) is 3.11. The molecule has 10 heteroatoms. The van der Waals surface area contributed by atoms with Gasteiger partial charge in [0.25, 0.3) is 0 Å². The van der Waals surface area contributed by atoms with Crippen LogP contribution in [0.2, 0.25) is 0 Å². The zero-order valence-electron chi connectivity index (χ0n) is 17.9. The Morgan fingerprint density at radius 3 is 2.88 bits per heavy atom. The van der Waals surface area contributed by atoms with E-state index in [9.17, 15) is 4.79 Å². The van der Waals surface area contributed by atoms with Crippen LogP contribution in [0.4, 0.5) is 10.9 Å². The van der Waals surface area contributed by atoms with E-state index in [4.69, 9.17) is 4.74 Å². The Balaban J connectivity index is 1.22. The summed E-state index contributed by atoms with van der Waals surface area (Å²) in [4.78, 5) is 19.7. The van der Waals surface area contributed by atoms with Gasteiger partial charge in [-0.05, 0) is 44.0 Å². The molecule has 1 saturated heterocycles. The molecular weight excluding hydrogens is 426 g/mol. The van der Waals surface area contributed by atoms with Crippen LogP contribution in [0.3, 0.4) is 0 Å². The first-order valence-electron chi connectivity index (χ1n) is 10.4. The Kier molecular flexibility index (Phi) is 5.44. The highest BCUT2D eigenvalue weighted by Crippen LogP contribution is 2.33. The van der Waals surface area contributed by atoms with Crippen molar-refractivity contribution in [1.82, 2.24) is 24.8 Å². The Morgan fingerprint density at radius 2 is 2.06 bits per heavy atom. The number of carbonyl (C=O) groups is 1. The van der Waals surface area contributed by atoms with Crippen molar-refractivity contribution < 1.29 is 9.53 Å². The number of ether oxygens (including phenoxy) is 1. The summed E-state index contributed by atoms with van der Waals surface area (Å²) in [6.45, 7) is 3.56. The van der Waals surface area contributed by atoms with Crippen LogP contribution in [-0.2, 0) is 4.79 Å². The zero-order chi connectivity index (χ0) is 22.1. The number of anilines is 2. The molecule has 0 radical (unpaired) electrons. The molecule has 0 bridgehead atoms. The standard InChI is InChI=1S/C22H23N7O2S/c1-14-3-4-18(31-2)16(11-14)17-12-32-22(24-17)25-21(30)15-7-9-28(10-8-15)20-6-5-19-26-23-13-29(19)27-20/h3-6,11-13,15H,7-10H2,1-2H3,(H,24,25,30). The number of benzene rings is 1. The number of piperidine rings is 1. The van der Waals surface area contributed by atoms with Crippen molar-refractivity contribution in [3.05, 3.63) is 47.6 Å². The molecule has 0 spiro atoms. The molecule has 32 heavy (non-hydrogen) atoms. The van der Waals surface area contributed by atoms with E-state index in [-0.39, 0.29) is 11.8 Å². The fraction of sp³-hybridized carbons (Fsp3) is 0.318. The molecule has 1 aromatic carbocycles. The third-order valence-electron chi connectivity index (χ3n) is 5.70. The lowest BCUT2D eigenvalue weighted by Gasteiger charge is -2.31. The third kappa shape index (κ3) is 4.01. The van der Waals surface area contributed by atoms with Gasteiger partial charge in [-0.3, -0.25) is 4.79 Å². The average molecular weight is 450 g/mol. The van der Waals surface area contributed by atoms with E-state index in [0.717, 1.165) is 54.3 Å². The molecule has 3 aromatic heterocycles. The van der Waals surface area contributed by atoms with Gasteiger partial charge in [0.15, 0.2) is 10.8 Å². The van der Waals surface area contributed by atoms with Gasteiger partial charge in [-0.15, -0.1) is 26.6 Å². The quantitative estimate of drug-likeness (QED) is 0.499. The van der Waals surface area contributed by atoms with Gasteiger partial charge < -0.3 is 15.0 Å². The number of nitrogens with one attached hydrogen (secondary N) is 1. The van der Waals surface area contributed by atoms with Crippen molar-refractivity contribution >= 4 is 33.8 Å². The van der Waals surface area contributed by atoms with Crippen LogP contribution < -0.4 is 15.0 Å². The van der Waals surface area contributed by atoms with Gasteiger partial charge in [0.2, 0.25) is 5.91 Å². The first-order valence-corrected chi connectivity index (χ1v) is 11.3. The van der Waals surface area contributed by atoms with Crippen LogP contribution >= 0.6 is 11.3 Å². The number of hydrogen-bond acceptors (Lipinski definition) is 8. The predicted octanol–water partition coefficient (Wildman–Crippen LogP) is 3.42. The largest absolute Gasteiger partial charge is 0.496 e. The highest BCUT2D eigenvalue weighted by atomic mass is 32.1. The van der Waals surface area contributed by atoms with Crippen LogP contribution in [0.15, 0.2) is 42.0 Å². The minimum absolute atomic E-state index is 0.0176. The number of fused-ring (bicyclic) bond motifs is 1. The number of rotatable bonds is 5. The highest BCUT2D eigenvalue weighted by Gasteiger charge is 2.26. The van der Waals surface area contributed by atoms with Crippen molar-refractivity contribution in [2.75, 3.05) is 30.4 Å². The Hall–Kier alpha value is -3.53. The maximum atomic E-state index is 12.8. The number of thiazole rings is 1. The summed E-state index contributed by atoms with van der Waals surface area (Å²) in [5.74, 6) is 1.60. The molecule has 4 aromatic rings. The Morgan fingerprint density at radius 1 is 1.22 bits per heavy atom. The van der Waals surface area contributed by atoms with E-state index < -0.39 is 0 Å². The first kappa shape index (κ1) is 20.4. The summed E-state index contributed by atoms with van der Waals surface area (Å²) in [5, 5.41) is 17.9. The van der Waals surface area contributed by atoms with Gasteiger partial charge >= 0.3 is 0 Å². The number of carbonyl (C=O) groups excluding carboxylic acids is 1. The summed E-state index contributed by atoms with van der Waals surface area (Å²) < 4.78 is 7.13. The molecular formula is C22H23N7O2S. The minimum Gasteiger partial charge on any atom is -0.496 e. The van der Waals surface area contributed by atoms with E-state index in [1.807, 2.05) is 42.6 Å². The van der Waals surface area contributed by atoms with Crippen molar-refractivity contribution in [3.63, 3.8) is 0 Å². The molecule has 1 amide bonds. The van der Waals surface area contributed by atoms with Crippen LogP contribution in [0, 0.1) is 12.8 Å². The molecule has 1 aliphatic rings. The smallest absolute Gasteiger partial charge is 0.229 e. The molecule has 1 N–H and O–H groups in total. The van der Waals surface area contributed by atoms with Crippen molar-refractivity contribution in [1.29, 1.82) is 0 Å². The van der Waals surface area contributed by atoms with E-state index in [1.165, 1.54) is 11.3 Å². The fourth-order valence-electron chi connectivity index (χ4n) is 3.94. The van der Waals surface area contributed by atoms with Gasteiger partial charge in [0, 0.05) is 30.0 Å². The van der Waals surface area contributed by atoms with Crippen LogP contribution in [0.1, 0.15) is 18.4 Å². The van der Waals surface area contributed by atoms with Crippen LogP contribution in [0.5, 0.6) is 5.75 Å². The van der Waals surface area contributed by atoms with E-state index in [2.05, 4.69) is 30.5 Å². The molecule has 1 aliphatic heterocycles. The first-order chi connectivity index (χ1) is 15.6. The number of methoxy groups -OCH3 is 1. The van der Waals surface area contributed by atoms with Crippen LogP contribution in [0.25, 0.3) is 16.9 Å². The highest BCUT2D eigenvalue weighted by molar-refractivity contribution is 7.14. The monoisotopic (exact) mass is 449 g/mol. The van der Waals surface area contributed by atoms with Crippen molar-refractivity contribution in [3.8, 4) is 17.0 Å². The van der Waals surface area contributed by atoms with Gasteiger partial charge in [0.1, 0.15) is 17.9 Å². The lowest BCUT2D eigenvalue weighted by atomic mass is 9.96. The lowest BCUT2D eigenvalue weighted by Crippen LogP contribution is -2.38. The average Bonchev–Trinajstić information content (AvgIpc) is 3.48. The van der Waals surface area contributed by atoms with Crippen molar-refractivity contribution in [2.24, 2.45) is 5.92 Å². The zero-order valence-corrected chi connectivity index (χ0v) is 18.7. The second kappa shape index (κ2) is 8.54. The van der Waals surface area contributed by atoms with Crippen molar-refractivity contribution in [2.45, 2.75) is 19.8 Å². The second-order valence-corrected chi connectivity index (χ2v) is 8.68. The number of nitrogens with zero attached hydrogens (tertiary/aromatic N) is 6. The predicted molar refractivity (Wildman–Crippen MR) is 123 cm³/mol. The maximum absolute atomic E-state index is 12.8. The molecule has 0 saturated carbocycles. The molecule has 5 rings (SSSR count). The number of amides is 1. The van der Waals surface area contributed by atoms with E-state index in [0.29, 0.717) is 10.8 Å². The maximum Gasteiger partial charge on any atom is 0.229 e. The molecule has 4 heterocycles. The normalized spacial score (nSPS) is 14.6. The Bertz CT molecular complexity index is 1260. The van der Waals surface area contributed by atoms with E-state index in [1.54, 1.807) is 18.0 Å². The number of aromatic nitrogens is 5. The van der Waals surface area contributed by atoms with Gasteiger partial charge in [-0.1, -0.05) is 11.6 Å². The number of hydrogen-bond donors (Lipinski definition) is 1. The lowest BCUT2D eigenvalue weighted by molar-refractivity contribution is -0.120. The van der Waals surface area contributed by atoms with E-state index >= 15 is 0 Å². The SMILES string of the molecule is COc1ccc(C)cc1-c1csc(NC(=O)C2CCN(c3ccc4nncn4n3)CC2)n1. The summed E-state index contributed by atoms with van der Waals surface area (Å²) in [6, 6.07) is 9.83. The van der Waals surface area contributed by atoms with Crippen LogP contribution in [-0.4, -0.2) is 50.9 Å². The molecule has 9 nitrogen and oxygen atoms in total. The summed E-state index contributed by atoms with van der Waals surface area (Å²) in [5.41, 5.74) is 3.57. The molecule has 0 atom stereocenters. The van der Waals surface area contributed by atoms with Gasteiger partial charge in [-0.2, -0.15) is 4.52 Å². The van der Waals surface area contributed by atoms with Gasteiger partial charge in [0.05, 0.1) is 12.8 Å². The molecule has 0 unspecified atom stereocenters. The molecule has 1 fully saturated rings. The Labute approximate surface area is 189 Å². The molecule has 164 valence electrons. The fourth-order valence-corrected chi connectivity index (χ4v) is 4.66. The van der Waals surface area contributed by atoms with Gasteiger partial charge in [-0.25, -0.2) is 4.98 Å². The second-order valence-electron chi connectivity index (χ2n) is 7.82. The summed E-state index contributed by atoms with van der Waals surface area (Å²) in [7, 11) is 1.65. The number of aryl methyl sites for hydroxylation is 1. The topological polar surface area (TPSA) is 97.5 Å².